The van der Waals surface area contributed by atoms with E-state index in [0.29, 0.717) is 25.9 Å². The third kappa shape index (κ3) is 2.43. The van der Waals surface area contributed by atoms with Crippen LogP contribution in [-0.2, 0) is 4.79 Å². The van der Waals surface area contributed by atoms with Gasteiger partial charge in [0.1, 0.15) is 17.2 Å². The lowest BCUT2D eigenvalue weighted by molar-refractivity contribution is -0.123. The Hall–Kier alpha value is -1.50. The molecule has 112 valence electrons. The van der Waals surface area contributed by atoms with Gasteiger partial charge in [-0.15, -0.1) is 0 Å². The van der Waals surface area contributed by atoms with E-state index in [9.17, 15) is 18.4 Å². The van der Waals surface area contributed by atoms with E-state index < -0.39 is 23.1 Å². The summed E-state index contributed by atoms with van der Waals surface area (Å²) in [5, 5.41) is 2.71. The average molecular weight is 359 g/mol. The molecule has 3 rings (SSSR count). The van der Waals surface area contributed by atoms with Gasteiger partial charge in [0.2, 0.25) is 5.91 Å². The fourth-order valence-corrected chi connectivity index (χ4v) is 3.50. The summed E-state index contributed by atoms with van der Waals surface area (Å²) >= 11 is 2.99. The molecule has 0 bridgehead atoms. The molecular formula is C14H13BrF2N2O2. The predicted molar refractivity (Wildman–Crippen MR) is 74.6 cm³/mol. The molecule has 2 saturated heterocycles. The number of nitrogens with zero attached hydrogens (tertiary/aromatic N) is 1. The van der Waals surface area contributed by atoms with E-state index in [1.54, 1.807) is 0 Å². The summed E-state index contributed by atoms with van der Waals surface area (Å²) in [7, 11) is 0. The lowest BCUT2D eigenvalue weighted by Crippen LogP contribution is -2.49. The van der Waals surface area contributed by atoms with E-state index in [2.05, 4.69) is 21.2 Å². The van der Waals surface area contributed by atoms with E-state index in [1.807, 2.05) is 0 Å². The van der Waals surface area contributed by atoms with Gasteiger partial charge in [0.05, 0.1) is 12.0 Å². The summed E-state index contributed by atoms with van der Waals surface area (Å²) in [4.78, 5) is 25.6. The summed E-state index contributed by atoms with van der Waals surface area (Å²) in [6, 6.07) is 1.81. The number of rotatable bonds is 1. The highest BCUT2D eigenvalue weighted by Crippen LogP contribution is 2.30. The number of likely N-dealkylation sites (tertiary alicyclic amines) is 1. The van der Waals surface area contributed by atoms with Crippen LogP contribution in [0.1, 0.15) is 23.2 Å². The van der Waals surface area contributed by atoms with E-state index in [-0.39, 0.29) is 22.3 Å². The molecule has 1 aromatic carbocycles. The van der Waals surface area contributed by atoms with Gasteiger partial charge in [0.25, 0.3) is 5.91 Å². The van der Waals surface area contributed by atoms with Crippen LogP contribution in [0.25, 0.3) is 0 Å². The molecule has 0 spiro atoms. The normalized spacial score (nSPS) is 24.7. The number of hydrogen-bond donors (Lipinski definition) is 1. The Morgan fingerprint density at radius 2 is 2.00 bits per heavy atom. The average Bonchev–Trinajstić information content (AvgIpc) is 2.79. The first-order valence-electron chi connectivity index (χ1n) is 6.72. The van der Waals surface area contributed by atoms with Crippen molar-refractivity contribution < 1.29 is 18.4 Å². The minimum atomic E-state index is -0.897. The smallest absolute Gasteiger partial charge is 0.260 e. The fraction of sp³-hybridized carbons (Fsp3) is 0.429. The molecule has 2 fully saturated rings. The van der Waals surface area contributed by atoms with E-state index in [0.717, 1.165) is 12.1 Å². The van der Waals surface area contributed by atoms with Crippen LogP contribution in [0.4, 0.5) is 8.78 Å². The zero-order chi connectivity index (χ0) is 15.1. The molecule has 2 aliphatic heterocycles. The van der Waals surface area contributed by atoms with Gasteiger partial charge in [0, 0.05) is 17.6 Å². The minimum Gasteiger partial charge on any atom is -0.354 e. The Morgan fingerprint density at radius 1 is 1.33 bits per heavy atom. The first-order chi connectivity index (χ1) is 9.99. The Bertz CT molecular complexity index is 600. The summed E-state index contributed by atoms with van der Waals surface area (Å²) in [6.07, 6.45) is 1.35. The topological polar surface area (TPSA) is 49.4 Å². The maximum absolute atomic E-state index is 13.9. The molecule has 4 nitrogen and oxygen atoms in total. The van der Waals surface area contributed by atoms with Crippen molar-refractivity contribution in [2.24, 2.45) is 5.92 Å². The van der Waals surface area contributed by atoms with Crippen molar-refractivity contribution in [1.29, 1.82) is 0 Å². The van der Waals surface area contributed by atoms with Crippen LogP contribution in [0.3, 0.4) is 0 Å². The van der Waals surface area contributed by atoms with Crippen LogP contribution < -0.4 is 5.32 Å². The maximum atomic E-state index is 13.9. The standard InChI is InChI=1S/C14H13BrF2N2O2/c15-7-4-9(16)12(10(17)5-7)14(21)19-3-1-2-8-11(19)6-18-13(8)20/h4-5,8,11H,1-3,6H2,(H,18,20). The number of nitrogens with one attached hydrogen (secondary N) is 1. The monoisotopic (exact) mass is 358 g/mol. The summed E-state index contributed by atoms with van der Waals surface area (Å²) < 4.78 is 28.1. The van der Waals surface area contributed by atoms with Gasteiger partial charge in [-0.2, -0.15) is 0 Å². The molecule has 0 radical (unpaired) electrons. The molecule has 1 aromatic rings. The molecule has 2 unspecified atom stereocenters. The molecule has 0 aromatic heterocycles. The van der Waals surface area contributed by atoms with E-state index >= 15 is 0 Å². The van der Waals surface area contributed by atoms with Gasteiger partial charge in [-0.25, -0.2) is 8.78 Å². The summed E-state index contributed by atoms with van der Waals surface area (Å²) in [5.41, 5.74) is -0.557. The molecule has 1 N–H and O–H groups in total. The van der Waals surface area contributed by atoms with Crippen LogP contribution in [0, 0.1) is 17.6 Å². The van der Waals surface area contributed by atoms with Gasteiger partial charge in [-0.05, 0) is 25.0 Å². The largest absolute Gasteiger partial charge is 0.354 e. The molecule has 0 saturated carbocycles. The third-order valence-electron chi connectivity index (χ3n) is 4.08. The van der Waals surface area contributed by atoms with E-state index in [1.165, 1.54) is 4.90 Å². The van der Waals surface area contributed by atoms with Crippen molar-refractivity contribution in [3.63, 3.8) is 0 Å². The second kappa shape index (κ2) is 5.36. The number of piperidine rings is 1. The molecular weight excluding hydrogens is 346 g/mol. The molecule has 2 heterocycles. The summed E-state index contributed by atoms with van der Waals surface area (Å²) in [5.74, 6) is -2.85. The second-order valence-corrected chi connectivity index (χ2v) is 6.22. The lowest BCUT2D eigenvalue weighted by atomic mass is 9.91. The van der Waals surface area contributed by atoms with Gasteiger partial charge < -0.3 is 10.2 Å². The van der Waals surface area contributed by atoms with Crippen molar-refractivity contribution in [2.75, 3.05) is 13.1 Å². The van der Waals surface area contributed by atoms with Crippen LogP contribution in [0.2, 0.25) is 0 Å². The third-order valence-corrected chi connectivity index (χ3v) is 4.54. The maximum Gasteiger partial charge on any atom is 0.260 e. The highest BCUT2D eigenvalue weighted by Gasteiger charge is 2.43. The van der Waals surface area contributed by atoms with E-state index in [4.69, 9.17) is 0 Å². The van der Waals surface area contributed by atoms with Gasteiger partial charge in [-0.3, -0.25) is 9.59 Å². The number of benzene rings is 1. The van der Waals surface area contributed by atoms with Crippen molar-refractivity contribution in [2.45, 2.75) is 18.9 Å². The summed E-state index contributed by atoms with van der Waals surface area (Å²) in [6.45, 7) is 0.749. The van der Waals surface area contributed by atoms with Crippen molar-refractivity contribution in [3.05, 3.63) is 33.8 Å². The number of amides is 2. The Labute approximate surface area is 128 Å². The molecule has 7 heteroatoms. The van der Waals surface area contributed by atoms with Crippen molar-refractivity contribution in [3.8, 4) is 0 Å². The first-order valence-corrected chi connectivity index (χ1v) is 7.51. The van der Waals surface area contributed by atoms with Gasteiger partial charge >= 0.3 is 0 Å². The molecule has 0 aliphatic carbocycles. The highest BCUT2D eigenvalue weighted by atomic mass is 79.9. The van der Waals surface area contributed by atoms with Crippen molar-refractivity contribution >= 4 is 27.7 Å². The molecule has 2 amide bonds. The minimum absolute atomic E-state index is 0.0887. The lowest BCUT2D eigenvalue weighted by Gasteiger charge is -2.36. The zero-order valence-corrected chi connectivity index (χ0v) is 12.6. The predicted octanol–water partition coefficient (Wildman–Crippen LogP) is 2.08. The zero-order valence-electron chi connectivity index (χ0n) is 11.0. The first kappa shape index (κ1) is 14.4. The van der Waals surface area contributed by atoms with Crippen LogP contribution in [-0.4, -0.2) is 35.8 Å². The molecule has 2 atom stereocenters. The van der Waals surface area contributed by atoms with Gasteiger partial charge in [0.15, 0.2) is 0 Å². The Morgan fingerprint density at radius 3 is 2.67 bits per heavy atom. The number of halogens is 3. The quantitative estimate of drug-likeness (QED) is 0.835. The number of fused-ring (bicyclic) bond motifs is 1. The van der Waals surface area contributed by atoms with Crippen molar-refractivity contribution in [1.82, 2.24) is 10.2 Å². The second-order valence-electron chi connectivity index (χ2n) is 5.30. The number of carbonyl (C=O) groups is 2. The Balaban J connectivity index is 1.93. The molecule has 2 aliphatic rings. The van der Waals surface area contributed by atoms with Crippen LogP contribution in [0.15, 0.2) is 16.6 Å². The van der Waals surface area contributed by atoms with Crippen LogP contribution in [0.5, 0.6) is 0 Å². The highest BCUT2D eigenvalue weighted by molar-refractivity contribution is 9.10. The molecule has 21 heavy (non-hydrogen) atoms. The van der Waals surface area contributed by atoms with Gasteiger partial charge in [-0.1, -0.05) is 15.9 Å². The van der Waals surface area contributed by atoms with Crippen LogP contribution >= 0.6 is 15.9 Å². The SMILES string of the molecule is O=C1NCC2C1CCCN2C(=O)c1c(F)cc(Br)cc1F. The number of hydrogen-bond acceptors (Lipinski definition) is 2. The fourth-order valence-electron chi connectivity index (χ4n) is 3.09. The number of carbonyl (C=O) groups excluding carboxylic acids is 2. The Kier molecular flexibility index (Phi) is 3.69.